The lowest BCUT2D eigenvalue weighted by Gasteiger charge is -2.29. The van der Waals surface area contributed by atoms with Gasteiger partial charge in [-0.1, -0.05) is 20.3 Å². The molecule has 0 bridgehead atoms. The summed E-state index contributed by atoms with van der Waals surface area (Å²) in [5.41, 5.74) is 0.478. The van der Waals surface area contributed by atoms with Crippen LogP contribution in [0.3, 0.4) is 0 Å². The molecule has 1 aliphatic carbocycles. The van der Waals surface area contributed by atoms with Crippen LogP contribution in [0.5, 0.6) is 0 Å². The molecule has 0 saturated heterocycles. The maximum absolute atomic E-state index is 5.51. The summed E-state index contributed by atoms with van der Waals surface area (Å²) in [4.78, 5) is 0. The van der Waals surface area contributed by atoms with E-state index in [4.69, 9.17) is 4.74 Å². The van der Waals surface area contributed by atoms with Crippen molar-refractivity contribution in [2.45, 2.75) is 59.1 Å². The Labute approximate surface area is 88.4 Å². The molecule has 0 spiro atoms. The molecule has 0 aromatic heterocycles. The molecular formula is C12H25NO. The number of hydrogen-bond acceptors (Lipinski definition) is 2. The Bertz CT molecular complexity index is 168. The first-order valence-electron chi connectivity index (χ1n) is 5.91. The Morgan fingerprint density at radius 1 is 1.50 bits per heavy atom. The molecule has 1 rings (SSSR count). The highest BCUT2D eigenvalue weighted by Crippen LogP contribution is 2.37. The fourth-order valence-corrected chi connectivity index (χ4v) is 2.36. The Balaban J connectivity index is 2.24. The number of rotatable bonds is 5. The molecule has 2 nitrogen and oxygen atoms in total. The van der Waals surface area contributed by atoms with Crippen molar-refractivity contribution in [3.8, 4) is 0 Å². The van der Waals surface area contributed by atoms with E-state index in [0.29, 0.717) is 17.6 Å². The zero-order chi connectivity index (χ0) is 10.6. The van der Waals surface area contributed by atoms with Crippen molar-refractivity contribution in [2.24, 2.45) is 5.41 Å². The minimum Gasteiger partial charge on any atom is -0.377 e. The van der Waals surface area contributed by atoms with Gasteiger partial charge in [0.05, 0.1) is 6.10 Å². The van der Waals surface area contributed by atoms with E-state index in [1.54, 1.807) is 0 Å². The van der Waals surface area contributed by atoms with E-state index in [9.17, 15) is 0 Å². The van der Waals surface area contributed by atoms with Crippen LogP contribution in [-0.2, 0) is 4.74 Å². The molecule has 84 valence electrons. The Hall–Kier alpha value is -0.0800. The largest absolute Gasteiger partial charge is 0.377 e. The van der Waals surface area contributed by atoms with Crippen molar-refractivity contribution >= 4 is 0 Å². The molecule has 0 heterocycles. The SMILES string of the molecule is CCOC(C)CNC1CCCC1(C)C. The van der Waals surface area contributed by atoms with Gasteiger partial charge in [-0.2, -0.15) is 0 Å². The smallest absolute Gasteiger partial charge is 0.0671 e. The number of ether oxygens (including phenoxy) is 1. The fraction of sp³-hybridized carbons (Fsp3) is 1.00. The molecule has 0 aliphatic heterocycles. The van der Waals surface area contributed by atoms with Gasteiger partial charge in [0.25, 0.3) is 0 Å². The standard InChI is InChI=1S/C12H25NO/c1-5-14-10(2)9-13-11-7-6-8-12(11,3)4/h10-11,13H,5-9H2,1-4H3. The summed E-state index contributed by atoms with van der Waals surface area (Å²) in [6.45, 7) is 10.7. The Morgan fingerprint density at radius 3 is 2.71 bits per heavy atom. The second kappa shape index (κ2) is 5.13. The van der Waals surface area contributed by atoms with E-state index in [-0.39, 0.29) is 0 Å². The highest BCUT2D eigenvalue weighted by atomic mass is 16.5. The molecule has 1 fully saturated rings. The lowest BCUT2D eigenvalue weighted by atomic mass is 9.87. The van der Waals surface area contributed by atoms with E-state index >= 15 is 0 Å². The van der Waals surface area contributed by atoms with Gasteiger partial charge in [0, 0.05) is 19.2 Å². The van der Waals surface area contributed by atoms with Gasteiger partial charge >= 0.3 is 0 Å². The van der Waals surface area contributed by atoms with Crippen LogP contribution in [0, 0.1) is 5.41 Å². The van der Waals surface area contributed by atoms with Crippen molar-refractivity contribution in [3.05, 3.63) is 0 Å². The molecule has 1 N–H and O–H groups in total. The second-order valence-electron chi connectivity index (χ2n) is 5.11. The van der Waals surface area contributed by atoms with Crippen molar-refractivity contribution in [1.82, 2.24) is 5.32 Å². The lowest BCUT2D eigenvalue weighted by molar-refractivity contribution is 0.0706. The van der Waals surface area contributed by atoms with Gasteiger partial charge in [-0.15, -0.1) is 0 Å². The van der Waals surface area contributed by atoms with Crippen LogP contribution in [0.25, 0.3) is 0 Å². The molecule has 0 aromatic rings. The van der Waals surface area contributed by atoms with Crippen molar-refractivity contribution in [3.63, 3.8) is 0 Å². The van der Waals surface area contributed by atoms with E-state index in [2.05, 4.69) is 33.0 Å². The van der Waals surface area contributed by atoms with Gasteiger partial charge in [0.1, 0.15) is 0 Å². The van der Waals surface area contributed by atoms with Crippen LogP contribution in [0.2, 0.25) is 0 Å². The second-order valence-corrected chi connectivity index (χ2v) is 5.11. The molecule has 0 radical (unpaired) electrons. The first-order valence-corrected chi connectivity index (χ1v) is 5.91. The monoisotopic (exact) mass is 199 g/mol. The van der Waals surface area contributed by atoms with Gasteiger partial charge in [-0.05, 0) is 32.1 Å². The zero-order valence-electron chi connectivity index (χ0n) is 10.1. The average Bonchev–Trinajstić information content (AvgIpc) is 2.42. The quantitative estimate of drug-likeness (QED) is 0.735. The van der Waals surface area contributed by atoms with E-state index in [1.165, 1.54) is 19.3 Å². The molecule has 1 saturated carbocycles. The molecule has 0 amide bonds. The highest BCUT2D eigenvalue weighted by Gasteiger charge is 2.33. The molecule has 0 aromatic carbocycles. The van der Waals surface area contributed by atoms with Gasteiger partial charge in [-0.3, -0.25) is 0 Å². The summed E-state index contributed by atoms with van der Waals surface area (Å²) in [6, 6.07) is 0.686. The normalized spacial score (nSPS) is 27.9. The summed E-state index contributed by atoms with van der Waals surface area (Å²) in [7, 11) is 0. The third-order valence-corrected chi connectivity index (χ3v) is 3.36. The van der Waals surface area contributed by atoms with Gasteiger partial charge < -0.3 is 10.1 Å². The summed E-state index contributed by atoms with van der Waals surface area (Å²) in [6.07, 6.45) is 4.39. The highest BCUT2D eigenvalue weighted by molar-refractivity contribution is 4.90. The average molecular weight is 199 g/mol. The summed E-state index contributed by atoms with van der Waals surface area (Å²) < 4.78 is 5.51. The molecular weight excluding hydrogens is 174 g/mol. The van der Waals surface area contributed by atoms with E-state index < -0.39 is 0 Å². The minimum atomic E-state index is 0.344. The number of nitrogens with one attached hydrogen (secondary N) is 1. The third-order valence-electron chi connectivity index (χ3n) is 3.36. The first kappa shape index (κ1) is 12.0. The van der Waals surface area contributed by atoms with Crippen LogP contribution in [0.1, 0.15) is 47.0 Å². The van der Waals surface area contributed by atoms with E-state index in [0.717, 1.165) is 13.2 Å². The minimum absolute atomic E-state index is 0.344. The molecule has 2 atom stereocenters. The van der Waals surface area contributed by atoms with Gasteiger partial charge in [0.2, 0.25) is 0 Å². The predicted molar refractivity (Wildman–Crippen MR) is 60.5 cm³/mol. The maximum atomic E-state index is 5.51. The van der Waals surface area contributed by atoms with Crippen molar-refractivity contribution < 1.29 is 4.74 Å². The summed E-state index contributed by atoms with van der Waals surface area (Å²) in [5.74, 6) is 0. The first-order chi connectivity index (χ1) is 6.56. The molecule has 2 heteroatoms. The van der Waals surface area contributed by atoms with Crippen LogP contribution in [-0.4, -0.2) is 25.3 Å². The van der Waals surface area contributed by atoms with Crippen LogP contribution in [0.4, 0.5) is 0 Å². The molecule has 1 aliphatic rings. The van der Waals surface area contributed by atoms with Crippen LogP contribution < -0.4 is 5.32 Å². The summed E-state index contributed by atoms with van der Waals surface area (Å²) in [5, 5.41) is 3.63. The predicted octanol–water partition coefficient (Wildman–Crippen LogP) is 2.58. The fourth-order valence-electron chi connectivity index (χ4n) is 2.36. The van der Waals surface area contributed by atoms with Crippen molar-refractivity contribution in [1.29, 1.82) is 0 Å². The third kappa shape index (κ3) is 3.25. The number of hydrogen-bond donors (Lipinski definition) is 1. The Morgan fingerprint density at radius 2 is 2.21 bits per heavy atom. The van der Waals surface area contributed by atoms with Crippen LogP contribution in [0.15, 0.2) is 0 Å². The topological polar surface area (TPSA) is 21.3 Å². The molecule has 14 heavy (non-hydrogen) atoms. The summed E-state index contributed by atoms with van der Waals surface area (Å²) >= 11 is 0. The maximum Gasteiger partial charge on any atom is 0.0671 e. The lowest BCUT2D eigenvalue weighted by Crippen LogP contribution is -2.41. The van der Waals surface area contributed by atoms with E-state index in [1.807, 2.05) is 0 Å². The zero-order valence-corrected chi connectivity index (χ0v) is 10.1. The van der Waals surface area contributed by atoms with Crippen LogP contribution >= 0.6 is 0 Å². The molecule has 2 unspecified atom stereocenters. The van der Waals surface area contributed by atoms with Crippen molar-refractivity contribution in [2.75, 3.05) is 13.2 Å². The van der Waals surface area contributed by atoms with Gasteiger partial charge in [-0.25, -0.2) is 0 Å². The Kier molecular flexibility index (Phi) is 4.39. The van der Waals surface area contributed by atoms with Gasteiger partial charge in [0.15, 0.2) is 0 Å².